The lowest BCUT2D eigenvalue weighted by Crippen LogP contribution is -2.33. The van der Waals surface area contributed by atoms with Crippen LogP contribution in [0.2, 0.25) is 0 Å². The van der Waals surface area contributed by atoms with Gasteiger partial charge in [0.1, 0.15) is 17.3 Å². The number of hydrogen-bond acceptors (Lipinski definition) is 6. The molecule has 6 heteroatoms. The molecule has 0 aliphatic carbocycles. The van der Waals surface area contributed by atoms with Gasteiger partial charge in [-0.15, -0.1) is 0 Å². The monoisotopic (exact) mass is 412 g/mol. The second-order valence-corrected chi connectivity index (χ2v) is 9.90. The molecule has 3 aliphatic heterocycles. The van der Waals surface area contributed by atoms with E-state index in [9.17, 15) is 14.4 Å². The van der Waals surface area contributed by atoms with Gasteiger partial charge in [-0.1, -0.05) is 0 Å². The zero-order valence-electron chi connectivity index (χ0n) is 19.2. The fourth-order valence-corrected chi connectivity index (χ4v) is 3.37. The Morgan fingerprint density at radius 3 is 1.59 bits per heavy atom. The maximum Gasteiger partial charge on any atom is 0.138 e. The lowest BCUT2D eigenvalue weighted by Gasteiger charge is -2.28. The summed E-state index contributed by atoms with van der Waals surface area (Å²) in [7, 11) is 0. The topological polar surface area (TPSA) is 78.9 Å². The predicted molar refractivity (Wildman–Crippen MR) is 112 cm³/mol. The normalized spacial score (nSPS) is 26.1. The van der Waals surface area contributed by atoms with Crippen molar-refractivity contribution >= 4 is 17.3 Å². The molecule has 0 bridgehead atoms. The molecule has 0 saturated carbocycles. The number of carbonyl (C=O) groups is 3. The van der Waals surface area contributed by atoms with Gasteiger partial charge in [-0.3, -0.25) is 14.4 Å². The molecule has 0 N–H and O–H groups in total. The Bertz CT molecular complexity index is 562. The summed E-state index contributed by atoms with van der Waals surface area (Å²) in [5.74, 6) is 0.999. The molecule has 0 spiro atoms. The van der Waals surface area contributed by atoms with Gasteiger partial charge in [-0.25, -0.2) is 0 Å². The SMILES string of the molecule is CC1(C)CC(=O)CCCO1.CC1(C)CC(=O)CCO1.CC1(C)CCC(=O)CCO1. The third kappa shape index (κ3) is 12.2. The third-order valence-corrected chi connectivity index (χ3v) is 5.09. The Balaban J connectivity index is 0.000000218. The average Bonchev–Trinajstić information content (AvgIpc) is 2.81. The van der Waals surface area contributed by atoms with Crippen molar-refractivity contribution in [3.8, 4) is 0 Å². The van der Waals surface area contributed by atoms with Crippen molar-refractivity contribution in [2.75, 3.05) is 19.8 Å². The molecular formula is C23H40O6. The van der Waals surface area contributed by atoms with E-state index in [-0.39, 0.29) is 16.8 Å². The minimum atomic E-state index is -0.215. The molecule has 3 rings (SSSR count). The van der Waals surface area contributed by atoms with E-state index >= 15 is 0 Å². The molecule has 168 valence electrons. The van der Waals surface area contributed by atoms with Crippen LogP contribution in [0, 0.1) is 0 Å². The van der Waals surface area contributed by atoms with Gasteiger partial charge in [0, 0.05) is 45.1 Å². The Kier molecular flexibility index (Phi) is 10.1. The van der Waals surface area contributed by atoms with Crippen molar-refractivity contribution in [1.29, 1.82) is 0 Å². The van der Waals surface area contributed by atoms with Gasteiger partial charge in [-0.2, -0.15) is 0 Å². The van der Waals surface area contributed by atoms with Crippen LogP contribution in [0.15, 0.2) is 0 Å². The fourth-order valence-electron chi connectivity index (χ4n) is 3.37. The Morgan fingerprint density at radius 1 is 0.552 bits per heavy atom. The third-order valence-electron chi connectivity index (χ3n) is 5.09. The van der Waals surface area contributed by atoms with Crippen LogP contribution in [-0.2, 0) is 28.6 Å². The molecule has 0 amide bonds. The van der Waals surface area contributed by atoms with Gasteiger partial charge >= 0.3 is 0 Å². The highest BCUT2D eigenvalue weighted by molar-refractivity contribution is 5.80. The van der Waals surface area contributed by atoms with Crippen LogP contribution in [0.4, 0.5) is 0 Å². The summed E-state index contributed by atoms with van der Waals surface area (Å²) >= 11 is 0. The molecule has 3 fully saturated rings. The van der Waals surface area contributed by atoms with Gasteiger partial charge in [0.2, 0.25) is 0 Å². The standard InChI is InChI=1S/2C8H14O2.C7H12O2/c1-8(2)5-3-7(9)4-6-10-8;1-8(2)6-7(9)4-3-5-10-8;1-7(2)5-6(8)3-4-9-7/h2*3-6H2,1-2H3;3-5H2,1-2H3. The van der Waals surface area contributed by atoms with Crippen LogP contribution in [0.5, 0.6) is 0 Å². The Hall–Kier alpha value is -1.11. The van der Waals surface area contributed by atoms with Gasteiger partial charge in [-0.05, 0) is 54.4 Å². The molecule has 0 radical (unpaired) electrons. The van der Waals surface area contributed by atoms with Gasteiger partial charge in [0.05, 0.1) is 30.0 Å². The maximum atomic E-state index is 11.0. The van der Waals surface area contributed by atoms with Crippen molar-refractivity contribution in [2.45, 2.75) is 110 Å². The maximum absolute atomic E-state index is 11.0. The molecule has 6 nitrogen and oxygen atoms in total. The minimum absolute atomic E-state index is 0.0772. The molecule has 0 atom stereocenters. The summed E-state index contributed by atoms with van der Waals surface area (Å²) in [5.41, 5.74) is -0.491. The number of ketones is 3. The van der Waals surface area contributed by atoms with Crippen molar-refractivity contribution in [2.24, 2.45) is 0 Å². The molecule has 3 aliphatic rings. The van der Waals surface area contributed by atoms with Crippen LogP contribution >= 0.6 is 0 Å². The first kappa shape index (κ1) is 25.9. The predicted octanol–water partition coefficient (Wildman–Crippen LogP) is 4.21. The minimum Gasteiger partial charge on any atom is -0.375 e. The van der Waals surface area contributed by atoms with Gasteiger partial charge in [0.25, 0.3) is 0 Å². The van der Waals surface area contributed by atoms with Crippen LogP contribution < -0.4 is 0 Å². The lowest BCUT2D eigenvalue weighted by molar-refractivity contribution is -0.135. The number of Topliss-reactive ketones (excluding diaryl/α,β-unsaturated/α-hetero) is 3. The van der Waals surface area contributed by atoms with Crippen molar-refractivity contribution in [3.63, 3.8) is 0 Å². The Labute approximate surface area is 176 Å². The summed E-state index contributed by atoms with van der Waals surface area (Å²) in [6, 6.07) is 0. The van der Waals surface area contributed by atoms with E-state index in [0.29, 0.717) is 69.1 Å². The number of rotatable bonds is 0. The van der Waals surface area contributed by atoms with E-state index in [4.69, 9.17) is 14.2 Å². The molecule has 3 saturated heterocycles. The van der Waals surface area contributed by atoms with Crippen molar-refractivity contribution in [3.05, 3.63) is 0 Å². The quantitative estimate of drug-likeness (QED) is 0.593. The lowest BCUT2D eigenvalue weighted by atomic mass is 9.97. The zero-order chi connectivity index (χ0) is 22.1. The van der Waals surface area contributed by atoms with Crippen molar-refractivity contribution in [1.82, 2.24) is 0 Å². The number of carbonyl (C=O) groups excluding carboxylic acids is 3. The van der Waals surface area contributed by atoms with Crippen molar-refractivity contribution < 1.29 is 28.6 Å². The molecular weight excluding hydrogens is 372 g/mol. The highest BCUT2D eigenvalue weighted by Crippen LogP contribution is 2.22. The van der Waals surface area contributed by atoms with E-state index in [1.54, 1.807) is 0 Å². The first-order valence-corrected chi connectivity index (χ1v) is 10.8. The van der Waals surface area contributed by atoms with E-state index < -0.39 is 0 Å². The summed E-state index contributed by atoms with van der Waals surface area (Å²) in [4.78, 5) is 32.7. The van der Waals surface area contributed by atoms with E-state index in [2.05, 4.69) is 0 Å². The molecule has 3 heterocycles. The number of ether oxygens (including phenoxy) is 3. The molecule has 0 aromatic rings. The summed E-state index contributed by atoms with van der Waals surface area (Å²) < 4.78 is 16.2. The van der Waals surface area contributed by atoms with E-state index in [1.165, 1.54) is 0 Å². The first-order valence-electron chi connectivity index (χ1n) is 10.8. The highest BCUT2D eigenvalue weighted by Gasteiger charge is 2.27. The average molecular weight is 413 g/mol. The fraction of sp³-hybridized carbons (Fsp3) is 0.870. The van der Waals surface area contributed by atoms with Crippen LogP contribution in [-0.4, -0.2) is 54.0 Å². The smallest absolute Gasteiger partial charge is 0.138 e. The summed E-state index contributed by atoms with van der Waals surface area (Å²) in [6.45, 7) is 13.8. The Morgan fingerprint density at radius 2 is 1.00 bits per heavy atom. The second-order valence-electron chi connectivity index (χ2n) is 9.90. The van der Waals surface area contributed by atoms with Gasteiger partial charge < -0.3 is 14.2 Å². The molecule has 29 heavy (non-hydrogen) atoms. The molecule has 0 aromatic heterocycles. The summed E-state index contributed by atoms with van der Waals surface area (Å²) in [6.07, 6.45) is 5.50. The van der Waals surface area contributed by atoms with Crippen LogP contribution in [0.1, 0.15) is 92.9 Å². The van der Waals surface area contributed by atoms with Crippen LogP contribution in [0.3, 0.4) is 0 Å². The zero-order valence-corrected chi connectivity index (χ0v) is 19.2. The first-order chi connectivity index (χ1) is 13.3. The highest BCUT2D eigenvalue weighted by atomic mass is 16.5. The second kappa shape index (κ2) is 11.3. The molecule has 0 unspecified atom stereocenters. The molecule has 0 aromatic carbocycles. The van der Waals surface area contributed by atoms with E-state index in [1.807, 2.05) is 41.5 Å². The summed E-state index contributed by atoms with van der Waals surface area (Å²) in [5, 5.41) is 0. The van der Waals surface area contributed by atoms with E-state index in [0.717, 1.165) is 19.4 Å². The van der Waals surface area contributed by atoms with Crippen LogP contribution in [0.25, 0.3) is 0 Å². The number of hydrogen-bond donors (Lipinski definition) is 0. The van der Waals surface area contributed by atoms with Gasteiger partial charge in [0.15, 0.2) is 0 Å². The largest absolute Gasteiger partial charge is 0.375 e.